The van der Waals surface area contributed by atoms with E-state index in [4.69, 9.17) is 0 Å². The molecule has 0 saturated carbocycles. The minimum atomic E-state index is 0.287. The van der Waals surface area contributed by atoms with Gasteiger partial charge >= 0.3 is 0 Å². The first kappa shape index (κ1) is 12.8. The summed E-state index contributed by atoms with van der Waals surface area (Å²) < 4.78 is 0. The maximum Gasteiger partial charge on any atom is 0.115 e. The average molecular weight is 219 g/mol. The molecule has 0 spiro atoms. The Balaban J connectivity index is 2.85. The Morgan fingerprint density at radius 1 is 1.44 bits per heavy atom. The molecule has 2 atom stereocenters. The van der Waals surface area contributed by atoms with E-state index in [1.165, 1.54) is 0 Å². The molecule has 88 valence electrons. The fourth-order valence-electron chi connectivity index (χ4n) is 2.12. The molecule has 0 bridgehead atoms. The van der Waals surface area contributed by atoms with Crippen molar-refractivity contribution in [3.8, 4) is 5.75 Å². The first-order valence-corrected chi connectivity index (χ1v) is 5.60. The van der Waals surface area contributed by atoms with Crippen molar-refractivity contribution in [1.29, 1.82) is 0 Å². The number of benzene rings is 1. The lowest BCUT2D eigenvalue weighted by atomic mass is 9.87. The molecule has 1 unspecified atom stereocenters. The molecular weight excluding hydrogens is 198 g/mol. The number of phenolic OH excluding ortho intramolecular Hbond substituents is 1. The molecule has 1 aromatic rings. The summed E-state index contributed by atoms with van der Waals surface area (Å²) in [5, 5.41) is 9.48. The Hall–Kier alpha value is -1.28. The monoisotopic (exact) mass is 219 g/mol. The van der Waals surface area contributed by atoms with Gasteiger partial charge in [-0.2, -0.15) is 0 Å². The first-order valence-electron chi connectivity index (χ1n) is 5.60. The van der Waals surface area contributed by atoms with Gasteiger partial charge in [-0.15, -0.1) is 6.58 Å². The highest BCUT2D eigenvalue weighted by Gasteiger charge is 2.16. The lowest BCUT2D eigenvalue weighted by molar-refractivity contribution is 0.323. The van der Waals surface area contributed by atoms with E-state index in [2.05, 4.69) is 32.5 Å². The molecule has 0 saturated heterocycles. The topological polar surface area (TPSA) is 23.5 Å². The number of hydrogen-bond donors (Lipinski definition) is 1. The zero-order chi connectivity index (χ0) is 12.1. The van der Waals surface area contributed by atoms with Crippen LogP contribution in [0.4, 0.5) is 0 Å². The van der Waals surface area contributed by atoms with E-state index in [1.807, 2.05) is 24.3 Å². The van der Waals surface area contributed by atoms with Gasteiger partial charge in [-0.1, -0.05) is 25.1 Å². The SMILES string of the molecule is C=CC(c1cccc(O)c1)[C@H](C)CN(C)C. The van der Waals surface area contributed by atoms with E-state index in [-0.39, 0.29) is 5.92 Å². The third-order valence-corrected chi connectivity index (χ3v) is 2.78. The van der Waals surface area contributed by atoms with Crippen molar-refractivity contribution in [3.63, 3.8) is 0 Å². The molecule has 0 aromatic heterocycles. The lowest BCUT2D eigenvalue weighted by Crippen LogP contribution is -2.23. The number of rotatable bonds is 5. The van der Waals surface area contributed by atoms with Gasteiger partial charge in [-0.3, -0.25) is 0 Å². The van der Waals surface area contributed by atoms with Crippen LogP contribution in [0, 0.1) is 5.92 Å². The predicted molar refractivity (Wildman–Crippen MR) is 68.8 cm³/mol. The maximum atomic E-state index is 9.48. The van der Waals surface area contributed by atoms with Gasteiger partial charge in [-0.25, -0.2) is 0 Å². The van der Waals surface area contributed by atoms with Crippen LogP contribution >= 0.6 is 0 Å². The van der Waals surface area contributed by atoms with Crippen molar-refractivity contribution >= 4 is 0 Å². The molecule has 2 nitrogen and oxygen atoms in total. The fraction of sp³-hybridized carbons (Fsp3) is 0.429. The summed E-state index contributed by atoms with van der Waals surface area (Å²) in [6, 6.07) is 7.43. The van der Waals surface area contributed by atoms with Crippen LogP contribution < -0.4 is 0 Å². The number of phenols is 1. The normalized spacial score (nSPS) is 14.8. The zero-order valence-electron chi connectivity index (χ0n) is 10.4. The molecule has 0 aliphatic carbocycles. The molecule has 0 aliphatic heterocycles. The first-order chi connectivity index (χ1) is 7.54. The van der Waals surface area contributed by atoms with E-state index in [1.54, 1.807) is 6.07 Å². The third kappa shape index (κ3) is 3.38. The summed E-state index contributed by atoms with van der Waals surface area (Å²) in [7, 11) is 4.14. The maximum absolute atomic E-state index is 9.48. The van der Waals surface area contributed by atoms with Crippen molar-refractivity contribution in [1.82, 2.24) is 4.90 Å². The summed E-state index contributed by atoms with van der Waals surface area (Å²) >= 11 is 0. The largest absolute Gasteiger partial charge is 0.508 e. The molecule has 2 heteroatoms. The van der Waals surface area contributed by atoms with Crippen molar-refractivity contribution in [2.45, 2.75) is 12.8 Å². The zero-order valence-corrected chi connectivity index (χ0v) is 10.4. The minimum Gasteiger partial charge on any atom is -0.508 e. The van der Waals surface area contributed by atoms with Gasteiger partial charge in [0.25, 0.3) is 0 Å². The standard InChI is InChI=1S/C14H21NO/c1-5-14(11(2)10-15(3)4)12-7-6-8-13(16)9-12/h5-9,11,14,16H,1,10H2,2-4H3/t11-,14?/m1/s1. The molecule has 1 rings (SSSR count). The fourth-order valence-corrected chi connectivity index (χ4v) is 2.12. The van der Waals surface area contributed by atoms with Crippen molar-refractivity contribution < 1.29 is 5.11 Å². The second kappa shape index (κ2) is 5.71. The quantitative estimate of drug-likeness (QED) is 0.770. The highest BCUT2D eigenvalue weighted by molar-refractivity contribution is 5.32. The number of nitrogens with zero attached hydrogens (tertiary/aromatic N) is 1. The molecule has 0 fully saturated rings. The second-order valence-corrected chi connectivity index (χ2v) is 4.60. The molecule has 0 aliphatic rings. The average Bonchev–Trinajstić information content (AvgIpc) is 2.17. The number of allylic oxidation sites excluding steroid dienone is 1. The van der Waals surface area contributed by atoms with Crippen LogP contribution in [0.25, 0.3) is 0 Å². The molecular formula is C14H21NO. The molecule has 1 aromatic carbocycles. The molecule has 0 heterocycles. The van der Waals surface area contributed by atoms with E-state index < -0.39 is 0 Å². The van der Waals surface area contributed by atoms with E-state index in [9.17, 15) is 5.11 Å². The molecule has 1 N–H and O–H groups in total. The van der Waals surface area contributed by atoms with Crippen molar-refractivity contribution in [2.24, 2.45) is 5.92 Å². The minimum absolute atomic E-state index is 0.287. The Morgan fingerprint density at radius 2 is 2.12 bits per heavy atom. The van der Waals surface area contributed by atoms with Gasteiger partial charge in [0, 0.05) is 12.5 Å². The van der Waals surface area contributed by atoms with E-state index in [0.717, 1.165) is 12.1 Å². The highest BCUT2D eigenvalue weighted by Crippen LogP contribution is 2.28. The van der Waals surface area contributed by atoms with Crippen LogP contribution in [0.2, 0.25) is 0 Å². The summed E-state index contributed by atoms with van der Waals surface area (Å²) in [6.45, 7) is 7.11. The van der Waals surface area contributed by atoms with Crippen molar-refractivity contribution in [2.75, 3.05) is 20.6 Å². The molecule has 0 amide bonds. The second-order valence-electron chi connectivity index (χ2n) is 4.60. The summed E-state index contributed by atoms with van der Waals surface area (Å²) in [5.74, 6) is 1.09. The van der Waals surface area contributed by atoms with Gasteiger partial charge in [-0.05, 0) is 37.7 Å². The van der Waals surface area contributed by atoms with E-state index in [0.29, 0.717) is 11.7 Å². The smallest absolute Gasteiger partial charge is 0.115 e. The van der Waals surface area contributed by atoms with Gasteiger partial charge in [0.05, 0.1) is 0 Å². The molecule has 16 heavy (non-hydrogen) atoms. The highest BCUT2D eigenvalue weighted by atomic mass is 16.3. The number of hydrogen-bond acceptors (Lipinski definition) is 2. The van der Waals surface area contributed by atoms with Gasteiger partial charge < -0.3 is 10.0 Å². The third-order valence-electron chi connectivity index (χ3n) is 2.78. The van der Waals surface area contributed by atoms with Crippen LogP contribution in [-0.4, -0.2) is 30.6 Å². The lowest BCUT2D eigenvalue weighted by Gasteiger charge is -2.24. The Kier molecular flexibility index (Phi) is 4.56. The summed E-state index contributed by atoms with van der Waals surface area (Å²) in [6.07, 6.45) is 1.96. The van der Waals surface area contributed by atoms with Crippen LogP contribution in [0.15, 0.2) is 36.9 Å². The van der Waals surface area contributed by atoms with Crippen LogP contribution in [-0.2, 0) is 0 Å². The van der Waals surface area contributed by atoms with Gasteiger partial charge in [0.15, 0.2) is 0 Å². The summed E-state index contributed by atoms with van der Waals surface area (Å²) in [5.41, 5.74) is 1.13. The Morgan fingerprint density at radius 3 is 2.62 bits per heavy atom. The van der Waals surface area contributed by atoms with Gasteiger partial charge in [0.1, 0.15) is 5.75 Å². The molecule has 0 radical (unpaired) electrons. The van der Waals surface area contributed by atoms with Gasteiger partial charge in [0.2, 0.25) is 0 Å². The van der Waals surface area contributed by atoms with Crippen molar-refractivity contribution in [3.05, 3.63) is 42.5 Å². The summed E-state index contributed by atoms with van der Waals surface area (Å²) in [4.78, 5) is 2.17. The number of aromatic hydroxyl groups is 1. The predicted octanol–water partition coefficient (Wildman–Crippen LogP) is 2.86. The van der Waals surface area contributed by atoms with Crippen LogP contribution in [0.3, 0.4) is 0 Å². The Bertz CT molecular complexity index is 346. The van der Waals surface area contributed by atoms with Crippen LogP contribution in [0.5, 0.6) is 5.75 Å². The van der Waals surface area contributed by atoms with Crippen LogP contribution in [0.1, 0.15) is 18.4 Å². The Labute approximate surface area is 98.2 Å². The van der Waals surface area contributed by atoms with E-state index >= 15 is 0 Å².